The number of aromatic nitrogens is 2. The van der Waals surface area contributed by atoms with E-state index in [4.69, 9.17) is 5.11 Å². The first kappa shape index (κ1) is 12.8. The molecule has 1 aromatic carbocycles. The van der Waals surface area contributed by atoms with Crippen LogP contribution in [0.25, 0.3) is 6.08 Å². The second-order valence-corrected chi connectivity index (χ2v) is 4.00. The zero-order chi connectivity index (χ0) is 13.7. The van der Waals surface area contributed by atoms with Crippen LogP contribution in [0.1, 0.15) is 11.1 Å². The molecule has 96 valence electrons. The van der Waals surface area contributed by atoms with Gasteiger partial charge < -0.3 is 10.4 Å². The quantitative estimate of drug-likeness (QED) is 0.821. The van der Waals surface area contributed by atoms with Crippen LogP contribution < -0.4 is 5.32 Å². The maximum atomic E-state index is 10.4. The van der Waals surface area contributed by atoms with Crippen molar-refractivity contribution in [2.24, 2.45) is 0 Å². The summed E-state index contributed by atoms with van der Waals surface area (Å²) >= 11 is 0. The number of hydrogen-bond donors (Lipinski definition) is 2. The van der Waals surface area contributed by atoms with Crippen LogP contribution in [0.4, 0.5) is 11.6 Å². The van der Waals surface area contributed by atoms with Crippen molar-refractivity contribution in [2.45, 2.75) is 6.92 Å². The number of aryl methyl sites for hydroxylation is 1. The van der Waals surface area contributed by atoms with Crippen LogP contribution >= 0.6 is 0 Å². The average molecular weight is 255 g/mol. The van der Waals surface area contributed by atoms with Gasteiger partial charge in [0, 0.05) is 29.7 Å². The summed E-state index contributed by atoms with van der Waals surface area (Å²) in [4.78, 5) is 18.6. The molecule has 0 saturated heterocycles. The predicted octanol–water partition coefficient (Wildman–Crippen LogP) is 2.63. The van der Waals surface area contributed by atoms with E-state index in [0.29, 0.717) is 11.5 Å². The van der Waals surface area contributed by atoms with Gasteiger partial charge in [-0.2, -0.15) is 0 Å². The minimum absolute atomic E-state index is 0.469. The van der Waals surface area contributed by atoms with Crippen LogP contribution in [0.15, 0.2) is 42.7 Å². The van der Waals surface area contributed by atoms with E-state index in [1.54, 1.807) is 12.4 Å². The lowest BCUT2D eigenvalue weighted by Gasteiger charge is -2.04. The van der Waals surface area contributed by atoms with Crippen molar-refractivity contribution in [1.82, 2.24) is 9.97 Å². The Morgan fingerprint density at radius 1 is 1.21 bits per heavy atom. The first-order chi connectivity index (χ1) is 9.13. The molecule has 5 heteroatoms. The monoisotopic (exact) mass is 255 g/mol. The molecule has 0 fully saturated rings. The molecular formula is C14H13N3O2. The number of carbonyl (C=O) groups is 1. The molecule has 0 aliphatic heterocycles. The number of nitrogens with zero attached hydrogens (tertiary/aromatic N) is 2. The second kappa shape index (κ2) is 5.77. The molecule has 0 bridgehead atoms. The van der Waals surface area contributed by atoms with E-state index in [0.717, 1.165) is 11.8 Å². The van der Waals surface area contributed by atoms with Gasteiger partial charge in [-0.1, -0.05) is 17.7 Å². The predicted molar refractivity (Wildman–Crippen MR) is 73.2 cm³/mol. The first-order valence-corrected chi connectivity index (χ1v) is 5.70. The number of benzene rings is 1. The molecule has 2 aromatic rings. The van der Waals surface area contributed by atoms with Crippen LogP contribution in [0.3, 0.4) is 0 Å². The summed E-state index contributed by atoms with van der Waals surface area (Å²) < 4.78 is 0. The van der Waals surface area contributed by atoms with Crippen molar-refractivity contribution in [3.8, 4) is 0 Å². The number of nitrogens with one attached hydrogen (secondary N) is 1. The molecule has 0 unspecified atom stereocenters. The summed E-state index contributed by atoms with van der Waals surface area (Å²) in [7, 11) is 0. The smallest absolute Gasteiger partial charge is 0.328 e. The summed E-state index contributed by atoms with van der Waals surface area (Å²) in [5.41, 5.74) is 2.72. The van der Waals surface area contributed by atoms with E-state index >= 15 is 0 Å². The largest absolute Gasteiger partial charge is 0.478 e. The molecule has 0 aliphatic rings. The number of rotatable bonds is 4. The molecule has 1 aromatic heterocycles. The van der Waals surface area contributed by atoms with E-state index in [9.17, 15) is 4.79 Å². The molecule has 0 amide bonds. The minimum atomic E-state index is -0.998. The van der Waals surface area contributed by atoms with Gasteiger partial charge in [0.05, 0.1) is 0 Å². The highest BCUT2D eigenvalue weighted by molar-refractivity contribution is 5.85. The first-order valence-electron chi connectivity index (χ1n) is 5.70. The maximum Gasteiger partial charge on any atom is 0.328 e. The lowest BCUT2D eigenvalue weighted by atomic mass is 10.2. The molecule has 0 saturated carbocycles. The van der Waals surface area contributed by atoms with E-state index in [2.05, 4.69) is 15.3 Å². The number of anilines is 2. The second-order valence-electron chi connectivity index (χ2n) is 4.00. The van der Waals surface area contributed by atoms with Gasteiger partial charge in [-0.05, 0) is 25.1 Å². The Hall–Kier alpha value is -2.69. The maximum absolute atomic E-state index is 10.4. The van der Waals surface area contributed by atoms with Gasteiger partial charge in [0.25, 0.3) is 0 Å². The molecular weight excluding hydrogens is 242 g/mol. The normalized spacial score (nSPS) is 10.6. The summed E-state index contributed by atoms with van der Waals surface area (Å²) in [6.07, 6.45) is 5.61. The van der Waals surface area contributed by atoms with E-state index in [1.165, 1.54) is 11.6 Å². The van der Waals surface area contributed by atoms with Crippen LogP contribution in [0.2, 0.25) is 0 Å². The summed E-state index contributed by atoms with van der Waals surface area (Å²) in [5, 5.41) is 11.6. The van der Waals surface area contributed by atoms with Crippen molar-refractivity contribution < 1.29 is 9.90 Å². The highest BCUT2D eigenvalue weighted by Gasteiger charge is 1.97. The molecule has 19 heavy (non-hydrogen) atoms. The summed E-state index contributed by atoms with van der Waals surface area (Å²) in [5.74, 6) is -0.529. The van der Waals surface area contributed by atoms with E-state index < -0.39 is 5.97 Å². The lowest BCUT2D eigenvalue weighted by molar-refractivity contribution is -0.131. The van der Waals surface area contributed by atoms with Crippen LogP contribution in [0, 0.1) is 6.92 Å². The van der Waals surface area contributed by atoms with Crippen molar-refractivity contribution in [3.63, 3.8) is 0 Å². The molecule has 0 aliphatic carbocycles. The topological polar surface area (TPSA) is 75.1 Å². The number of aliphatic carboxylic acids is 1. The summed E-state index contributed by atoms with van der Waals surface area (Å²) in [6, 6.07) is 7.87. The van der Waals surface area contributed by atoms with Crippen LogP contribution in [0.5, 0.6) is 0 Å². The van der Waals surface area contributed by atoms with Gasteiger partial charge in [0.1, 0.15) is 0 Å². The molecule has 0 radical (unpaired) electrons. The van der Waals surface area contributed by atoms with Crippen molar-refractivity contribution >= 4 is 23.7 Å². The Morgan fingerprint density at radius 2 is 1.84 bits per heavy atom. The van der Waals surface area contributed by atoms with E-state index in [-0.39, 0.29) is 0 Å². The lowest BCUT2D eigenvalue weighted by Crippen LogP contribution is -1.96. The van der Waals surface area contributed by atoms with Gasteiger partial charge in [0.2, 0.25) is 5.95 Å². The zero-order valence-corrected chi connectivity index (χ0v) is 10.4. The Labute approximate surface area is 110 Å². The molecule has 0 atom stereocenters. The minimum Gasteiger partial charge on any atom is -0.478 e. The molecule has 5 nitrogen and oxygen atoms in total. The third-order valence-electron chi connectivity index (χ3n) is 2.40. The molecule has 2 rings (SSSR count). The Kier molecular flexibility index (Phi) is 3.87. The van der Waals surface area contributed by atoms with Crippen LogP contribution in [-0.4, -0.2) is 21.0 Å². The van der Waals surface area contributed by atoms with Gasteiger partial charge in [0.15, 0.2) is 0 Å². The Morgan fingerprint density at radius 3 is 2.42 bits per heavy atom. The zero-order valence-electron chi connectivity index (χ0n) is 10.4. The average Bonchev–Trinajstić information content (AvgIpc) is 2.40. The molecule has 0 spiro atoms. The fourth-order valence-corrected chi connectivity index (χ4v) is 1.42. The Balaban J connectivity index is 2.06. The van der Waals surface area contributed by atoms with Crippen LogP contribution in [-0.2, 0) is 4.79 Å². The van der Waals surface area contributed by atoms with E-state index in [1.807, 2.05) is 31.2 Å². The number of hydrogen-bond acceptors (Lipinski definition) is 4. The molecule has 2 N–H and O–H groups in total. The summed E-state index contributed by atoms with van der Waals surface area (Å²) in [6.45, 7) is 2.02. The molecule has 1 heterocycles. The van der Waals surface area contributed by atoms with Crippen molar-refractivity contribution in [3.05, 3.63) is 53.9 Å². The fourth-order valence-electron chi connectivity index (χ4n) is 1.42. The van der Waals surface area contributed by atoms with Gasteiger partial charge >= 0.3 is 5.97 Å². The third kappa shape index (κ3) is 3.92. The standard InChI is InChI=1S/C14H13N3O2/c1-10-2-5-12(6-3-10)17-14-15-8-11(9-16-14)4-7-13(18)19/h2-9H,1H3,(H,18,19)(H,15,16,17)/b7-4+. The van der Waals surface area contributed by atoms with Crippen molar-refractivity contribution in [1.29, 1.82) is 0 Å². The number of carboxylic acids is 1. The Bertz CT molecular complexity index is 589. The fraction of sp³-hybridized carbons (Fsp3) is 0.0714. The highest BCUT2D eigenvalue weighted by atomic mass is 16.4. The van der Waals surface area contributed by atoms with Gasteiger partial charge in [-0.3, -0.25) is 0 Å². The van der Waals surface area contributed by atoms with Crippen molar-refractivity contribution in [2.75, 3.05) is 5.32 Å². The van der Waals surface area contributed by atoms with Gasteiger partial charge in [-0.15, -0.1) is 0 Å². The third-order valence-corrected chi connectivity index (χ3v) is 2.40. The SMILES string of the molecule is Cc1ccc(Nc2ncc(/C=C/C(=O)O)cn2)cc1. The van der Waals surface area contributed by atoms with Gasteiger partial charge in [-0.25, -0.2) is 14.8 Å². The number of carboxylic acid groups (broad SMARTS) is 1. The highest BCUT2D eigenvalue weighted by Crippen LogP contribution is 2.13.